The molecule has 1 heterocycles. The number of hydrogen-bond donors (Lipinski definition) is 2. The predicted molar refractivity (Wildman–Crippen MR) is 49.7 cm³/mol. The lowest BCUT2D eigenvalue weighted by atomic mass is 10.3. The van der Waals surface area contributed by atoms with Gasteiger partial charge in [-0.15, -0.1) is 0 Å². The van der Waals surface area contributed by atoms with E-state index in [0.29, 0.717) is 0 Å². The molecule has 0 saturated carbocycles. The molecule has 0 unspecified atom stereocenters. The number of rotatable bonds is 3. The van der Waals surface area contributed by atoms with Gasteiger partial charge in [0.05, 0.1) is 5.56 Å². The van der Waals surface area contributed by atoms with E-state index in [0.717, 1.165) is 0 Å². The Hall–Kier alpha value is -1.47. The van der Waals surface area contributed by atoms with E-state index in [4.69, 9.17) is 0 Å². The van der Waals surface area contributed by atoms with Gasteiger partial charge in [0.25, 0.3) is 5.91 Å². The molecule has 0 aromatic carbocycles. The maximum absolute atomic E-state index is 11.2. The Bertz CT molecular complexity index is 415. The van der Waals surface area contributed by atoms with Crippen molar-refractivity contribution in [1.82, 2.24) is 14.4 Å². The summed E-state index contributed by atoms with van der Waals surface area (Å²) in [5, 5.41) is 0. The normalized spacial score (nSPS) is 10.9. The molecule has 0 spiro atoms. The lowest BCUT2D eigenvalue weighted by Gasteiger charge is -2.03. The van der Waals surface area contributed by atoms with E-state index in [1.165, 1.54) is 25.5 Å². The minimum atomic E-state index is -3.74. The van der Waals surface area contributed by atoms with E-state index in [-0.39, 0.29) is 5.56 Å². The smallest absolute Gasteiger partial charge is 0.268 e. The first-order chi connectivity index (χ1) is 6.55. The molecule has 1 amide bonds. The first-order valence-corrected chi connectivity index (χ1v) is 5.19. The number of aromatic nitrogens is 1. The van der Waals surface area contributed by atoms with Crippen molar-refractivity contribution in [1.29, 1.82) is 0 Å². The molecule has 0 radical (unpaired) electrons. The lowest BCUT2D eigenvalue weighted by Crippen LogP contribution is -2.38. The summed E-state index contributed by atoms with van der Waals surface area (Å²) in [6, 6.07) is 3.01. The lowest BCUT2D eigenvalue weighted by molar-refractivity contribution is 0.0981. The van der Waals surface area contributed by atoms with E-state index in [9.17, 15) is 13.2 Å². The maximum Gasteiger partial charge on any atom is 0.301 e. The molecule has 1 aromatic rings. The van der Waals surface area contributed by atoms with Gasteiger partial charge in [-0.3, -0.25) is 9.78 Å². The summed E-state index contributed by atoms with van der Waals surface area (Å²) in [7, 11) is -2.54. The Labute approximate surface area is 81.5 Å². The predicted octanol–water partition coefficient (Wildman–Crippen LogP) is -0.724. The van der Waals surface area contributed by atoms with E-state index in [2.05, 4.69) is 4.98 Å². The van der Waals surface area contributed by atoms with Crippen molar-refractivity contribution in [2.75, 3.05) is 7.05 Å². The Morgan fingerprint density at radius 1 is 1.50 bits per heavy atom. The number of carbonyl (C=O) groups excluding carboxylic acids is 1. The molecular weight excluding hydrogens is 206 g/mol. The molecule has 76 valence electrons. The summed E-state index contributed by atoms with van der Waals surface area (Å²) in [5.74, 6) is -0.715. The molecular formula is C7H9N3O3S. The van der Waals surface area contributed by atoms with Crippen LogP contribution >= 0.6 is 0 Å². The number of nitrogens with one attached hydrogen (secondary N) is 2. The van der Waals surface area contributed by atoms with Crippen LogP contribution in [0.1, 0.15) is 10.4 Å². The number of pyridine rings is 1. The highest BCUT2D eigenvalue weighted by Crippen LogP contribution is 1.95. The van der Waals surface area contributed by atoms with Gasteiger partial charge >= 0.3 is 10.2 Å². The average molecular weight is 215 g/mol. The standard InChI is InChI=1S/C7H9N3O3S/c1-8-14(12,13)10-7(11)6-3-2-4-9-5-6/h2-5,8H,1H3,(H,10,11). The number of carbonyl (C=O) groups is 1. The largest absolute Gasteiger partial charge is 0.301 e. The third-order valence-electron chi connectivity index (χ3n) is 1.42. The highest BCUT2D eigenvalue weighted by molar-refractivity contribution is 7.88. The maximum atomic E-state index is 11.2. The highest BCUT2D eigenvalue weighted by Gasteiger charge is 2.12. The summed E-state index contributed by atoms with van der Waals surface area (Å²) in [5.41, 5.74) is 0.186. The van der Waals surface area contributed by atoms with Crippen LogP contribution in [0.4, 0.5) is 0 Å². The second kappa shape index (κ2) is 4.16. The van der Waals surface area contributed by atoms with Gasteiger partial charge in [-0.25, -0.2) is 9.44 Å². The molecule has 7 heteroatoms. The van der Waals surface area contributed by atoms with Crippen molar-refractivity contribution in [3.63, 3.8) is 0 Å². The van der Waals surface area contributed by atoms with Crippen molar-refractivity contribution >= 4 is 16.1 Å². The molecule has 0 saturated heterocycles. The Morgan fingerprint density at radius 3 is 2.71 bits per heavy atom. The van der Waals surface area contributed by atoms with Crippen LogP contribution in [0.2, 0.25) is 0 Å². The van der Waals surface area contributed by atoms with Crippen LogP contribution in [0.25, 0.3) is 0 Å². The second-order valence-electron chi connectivity index (χ2n) is 2.38. The van der Waals surface area contributed by atoms with Crippen LogP contribution in [0.5, 0.6) is 0 Å². The van der Waals surface area contributed by atoms with Gasteiger partial charge in [-0.1, -0.05) is 0 Å². The van der Waals surface area contributed by atoms with Crippen LogP contribution in [0.3, 0.4) is 0 Å². The first-order valence-electron chi connectivity index (χ1n) is 3.71. The van der Waals surface area contributed by atoms with Crippen molar-refractivity contribution < 1.29 is 13.2 Å². The zero-order valence-electron chi connectivity index (χ0n) is 7.39. The Kier molecular flexibility index (Phi) is 3.15. The fourth-order valence-electron chi connectivity index (χ4n) is 0.729. The SMILES string of the molecule is CNS(=O)(=O)NC(=O)c1cccnc1. The molecule has 0 aliphatic heterocycles. The quantitative estimate of drug-likeness (QED) is 0.696. The molecule has 1 aromatic heterocycles. The molecule has 0 atom stereocenters. The van der Waals surface area contributed by atoms with E-state index < -0.39 is 16.1 Å². The molecule has 1 rings (SSSR count). The highest BCUT2D eigenvalue weighted by atomic mass is 32.2. The number of amides is 1. The van der Waals surface area contributed by atoms with Crippen LogP contribution in [0, 0.1) is 0 Å². The molecule has 0 bridgehead atoms. The zero-order chi connectivity index (χ0) is 10.6. The van der Waals surface area contributed by atoms with Gasteiger partial charge in [0.1, 0.15) is 0 Å². The van der Waals surface area contributed by atoms with Gasteiger partial charge in [-0.05, 0) is 12.1 Å². The fraction of sp³-hybridized carbons (Fsp3) is 0.143. The summed E-state index contributed by atoms with van der Waals surface area (Å²) in [6.07, 6.45) is 2.77. The second-order valence-corrected chi connectivity index (χ2v) is 4.00. The van der Waals surface area contributed by atoms with Gasteiger partial charge in [0.15, 0.2) is 0 Å². The molecule has 0 aliphatic rings. The summed E-state index contributed by atoms with van der Waals surface area (Å²) >= 11 is 0. The molecule has 14 heavy (non-hydrogen) atoms. The zero-order valence-corrected chi connectivity index (χ0v) is 8.21. The van der Waals surface area contributed by atoms with E-state index in [1.54, 1.807) is 10.8 Å². The fourth-order valence-corrected chi connectivity index (χ4v) is 1.19. The molecule has 0 aliphatic carbocycles. The van der Waals surface area contributed by atoms with Gasteiger partial charge < -0.3 is 0 Å². The first kappa shape index (κ1) is 10.6. The van der Waals surface area contributed by atoms with Crippen LogP contribution < -0.4 is 9.44 Å². The summed E-state index contributed by atoms with van der Waals surface area (Å²) in [6.45, 7) is 0. The van der Waals surface area contributed by atoms with Crippen LogP contribution in [0.15, 0.2) is 24.5 Å². The van der Waals surface area contributed by atoms with Crippen LogP contribution in [-0.2, 0) is 10.2 Å². The van der Waals surface area contributed by atoms with E-state index >= 15 is 0 Å². The van der Waals surface area contributed by atoms with Crippen molar-refractivity contribution in [3.05, 3.63) is 30.1 Å². The average Bonchev–Trinajstić information content (AvgIpc) is 2.19. The third kappa shape index (κ3) is 2.79. The van der Waals surface area contributed by atoms with Gasteiger partial charge in [0.2, 0.25) is 0 Å². The van der Waals surface area contributed by atoms with E-state index in [1.807, 2.05) is 4.72 Å². The minimum absolute atomic E-state index is 0.186. The summed E-state index contributed by atoms with van der Waals surface area (Å²) < 4.78 is 25.6. The monoisotopic (exact) mass is 215 g/mol. The van der Waals surface area contributed by atoms with Gasteiger partial charge in [0, 0.05) is 19.4 Å². The third-order valence-corrected chi connectivity index (χ3v) is 2.41. The Balaban J connectivity index is 2.79. The summed E-state index contributed by atoms with van der Waals surface area (Å²) in [4.78, 5) is 14.9. The van der Waals surface area contributed by atoms with Crippen molar-refractivity contribution in [2.45, 2.75) is 0 Å². The molecule has 2 N–H and O–H groups in total. The van der Waals surface area contributed by atoms with Gasteiger partial charge in [-0.2, -0.15) is 8.42 Å². The van der Waals surface area contributed by atoms with Crippen molar-refractivity contribution in [3.8, 4) is 0 Å². The number of nitrogens with zero attached hydrogens (tertiary/aromatic N) is 1. The topological polar surface area (TPSA) is 88.2 Å². The van der Waals surface area contributed by atoms with Crippen LogP contribution in [-0.4, -0.2) is 26.4 Å². The van der Waals surface area contributed by atoms with Crippen molar-refractivity contribution in [2.24, 2.45) is 0 Å². The minimum Gasteiger partial charge on any atom is -0.268 e. The molecule has 6 nitrogen and oxygen atoms in total. The number of hydrogen-bond acceptors (Lipinski definition) is 4. The Morgan fingerprint density at radius 2 is 2.21 bits per heavy atom. The molecule has 0 fully saturated rings.